The minimum absolute atomic E-state index is 0.0599. The molecular weight excluding hydrogens is 256 g/mol. The van der Waals surface area contributed by atoms with E-state index < -0.39 is 12.3 Å². The van der Waals surface area contributed by atoms with Crippen LogP contribution in [0, 0.1) is 5.92 Å². The molecule has 0 fully saturated rings. The molecule has 5 nitrogen and oxygen atoms in total. The molecular formula is C15H24N2O3. The molecule has 0 spiro atoms. The second kappa shape index (κ2) is 7.87. The summed E-state index contributed by atoms with van der Waals surface area (Å²) in [5.74, 6) is 0.0599. The van der Waals surface area contributed by atoms with E-state index in [2.05, 4.69) is 5.32 Å². The van der Waals surface area contributed by atoms with E-state index >= 15 is 0 Å². The zero-order chi connectivity index (χ0) is 15.1. The minimum atomic E-state index is -1.04. The van der Waals surface area contributed by atoms with Crippen molar-refractivity contribution in [1.82, 2.24) is 10.2 Å². The first kappa shape index (κ1) is 16.5. The molecule has 1 unspecified atom stereocenters. The Hall–Kier alpha value is -1.59. The van der Waals surface area contributed by atoms with Crippen molar-refractivity contribution in [3.05, 3.63) is 35.9 Å². The summed E-state index contributed by atoms with van der Waals surface area (Å²) in [6, 6.07) is 8.91. The zero-order valence-electron chi connectivity index (χ0n) is 12.5. The molecule has 5 heteroatoms. The van der Waals surface area contributed by atoms with Gasteiger partial charge in [0.1, 0.15) is 0 Å². The van der Waals surface area contributed by atoms with Gasteiger partial charge in [-0.2, -0.15) is 0 Å². The average Bonchev–Trinajstić information content (AvgIpc) is 2.42. The Balaban J connectivity index is 2.56. The van der Waals surface area contributed by atoms with Gasteiger partial charge in [0.25, 0.3) is 0 Å². The van der Waals surface area contributed by atoms with Gasteiger partial charge >= 0.3 is 6.03 Å². The maximum Gasteiger partial charge on any atom is 0.317 e. The molecule has 2 atom stereocenters. The zero-order valence-corrected chi connectivity index (χ0v) is 12.5. The highest BCUT2D eigenvalue weighted by molar-refractivity contribution is 5.73. The topological polar surface area (TPSA) is 61.8 Å². The predicted octanol–water partition coefficient (Wildman–Crippen LogP) is 1.82. The molecule has 0 radical (unpaired) electrons. The first-order valence-corrected chi connectivity index (χ1v) is 6.73. The van der Waals surface area contributed by atoms with Crippen molar-refractivity contribution in [3.63, 3.8) is 0 Å². The van der Waals surface area contributed by atoms with E-state index in [0.29, 0.717) is 6.61 Å². The Bertz CT molecular complexity index is 407. The van der Waals surface area contributed by atoms with Gasteiger partial charge in [-0.05, 0) is 11.5 Å². The lowest BCUT2D eigenvalue weighted by molar-refractivity contribution is -0.133. The first-order valence-electron chi connectivity index (χ1n) is 6.73. The van der Waals surface area contributed by atoms with Gasteiger partial charge in [-0.15, -0.1) is 0 Å². The third-order valence-electron chi connectivity index (χ3n) is 2.99. The van der Waals surface area contributed by atoms with Gasteiger partial charge in [-0.3, -0.25) is 0 Å². The summed E-state index contributed by atoms with van der Waals surface area (Å²) < 4.78 is 5.45. The number of urea groups is 1. The summed E-state index contributed by atoms with van der Waals surface area (Å²) in [6.07, 6.45) is -1.04. The fourth-order valence-electron chi connectivity index (χ4n) is 1.70. The SMILES string of the molecule is CC(C)[C@H](NC(=O)N(C)C)C(O)OCc1ccccc1. The Kier molecular flexibility index (Phi) is 6.48. The van der Waals surface area contributed by atoms with E-state index in [1.165, 1.54) is 4.90 Å². The Morgan fingerprint density at radius 3 is 2.40 bits per heavy atom. The Labute approximate surface area is 120 Å². The minimum Gasteiger partial charge on any atom is -0.366 e. The van der Waals surface area contributed by atoms with Gasteiger partial charge in [0.15, 0.2) is 6.29 Å². The van der Waals surface area contributed by atoms with Crippen LogP contribution in [0.15, 0.2) is 30.3 Å². The van der Waals surface area contributed by atoms with Gasteiger partial charge in [-0.1, -0.05) is 44.2 Å². The maximum atomic E-state index is 11.7. The van der Waals surface area contributed by atoms with Crippen LogP contribution in [-0.2, 0) is 11.3 Å². The lowest BCUT2D eigenvalue weighted by atomic mass is 10.0. The molecule has 0 bridgehead atoms. The number of nitrogens with one attached hydrogen (secondary N) is 1. The molecule has 0 saturated heterocycles. The van der Waals surface area contributed by atoms with Crippen molar-refractivity contribution in [2.75, 3.05) is 14.1 Å². The lowest BCUT2D eigenvalue weighted by Gasteiger charge is -2.28. The largest absolute Gasteiger partial charge is 0.366 e. The summed E-state index contributed by atoms with van der Waals surface area (Å²) in [5.41, 5.74) is 0.980. The normalized spacial score (nSPS) is 13.9. The third kappa shape index (κ3) is 5.19. The van der Waals surface area contributed by atoms with Crippen molar-refractivity contribution in [2.45, 2.75) is 32.8 Å². The number of benzene rings is 1. The molecule has 0 aliphatic heterocycles. The number of carbonyl (C=O) groups excluding carboxylic acids is 1. The quantitative estimate of drug-likeness (QED) is 0.781. The van der Waals surface area contributed by atoms with E-state index in [0.717, 1.165) is 5.56 Å². The average molecular weight is 280 g/mol. The number of ether oxygens (including phenoxy) is 1. The molecule has 20 heavy (non-hydrogen) atoms. The molecule has 1 aromatic rings. The summed E-state index contributed by atoms with van der Waals surface area (Å²) in [4.78, 5) is 13.1. The Morgan fingerprint density at radius 2 is 1.90 bits per heavy atom. The van der Waals surface area contributed by atoms with Crippen molar-refractivity contribution >= 4 is 6.03 Å². The van der Waals surface area contributed by atoms with E-state index in [-0.39, 0.29) is 11.9 Å². The molecule has 2 N–H and O–H groups in total. The van der Waals surface area contributed by atoms with Crippen LogP contribution < -0.4 is 5.32 Å². The van der Waals surface area contributed by atoms with E-state index in [9.17, 15) is 9.90 Å². The second-order valence-electron chi connectivity index (χ2n) is 5.30. The van der Waals surface area contributed by atoms with Crippen LogP contribution >= 0.6 is 0 Å². The monoisotopic (exact) mass is 280 g/mol. The molecule has 1 aromatic carbocycles. The van der Waals surface area contributed by atoms with Gasteiger partial charge in [0.2, 0.25) is 0 Å². The number of aliphatic hydroxyl groups is 1. The molecule has 2 amide bonds. The summed E-state index contributed by atoms with van der Waals surface area (Å²) in [5, 5.41) is 12.9. The number of hydrogen-bond acceptors (Lipinski definition) is 3. The predicted molar refractivity (Wildman–Crippen MR) is 78.1 cm³/mol. The summed E-state index contributed by atoms with van der Waals surface area (Å²) >= 11 is 0. The number of carbonyl (C=O) groups is 1. The van der Waals surface area contributed by atoms with Crippen molar-refractivity contribution < 1.29 is 14.6 Å². The van der Waals surface area contributed by atoms with Crippen LogP contribution in [0.5, 0.6) is 0 Å². The van der Waals surface area contributed by atoms with Crippen molar-refractivity contribution in [2.24, 2.45) is 5.92 Å². The highest BCUT2D eigenvalue weighted by atomic mass is 16.6. The van der Waals surface area contributed by atoms with Gasteiger partial charge in [0.05, 0.1) is 12.6 Å². The molecule has 1 rings (SSSR count). The molecule has 0 heterocycles. The van der Waals surface area contributed by atoms with Crippen LogP contribution in [0.3, 0.4) is 0 Å². The standard InChI is InChI=1S/C15H24N2O3/c1-11(2)13(16-15(19)17(3)4)14(18)20-10-12-8-6-5-7-9-12/h5-9,11,13-14,18H,10H2,1-4H3,(H,16,19)/t13-,14?/m0/s1. The van der Waals surface area contributed by atoms with E-state index in [4.69, 9.17) is 4.74 Å². The fraction of sp³-hybridized carbons (Fsp3) is 0.533. The molecule has 0 aromatic heterocycles. The number of nitrogens with zero attached hydrogens (tertiary/aromatic N) is 1. The maximum absolute atomic E-state index is 11.7. The molecule has 112 valence electrons. The number of amides is 2. The summed E-state index contributed by atoms with van der Waals surface area (Å²) in [6.45, 7) is 4.16. The number of aliphatic hydroxyl groups excluding tert-OH is 1. The molecule has 0 aliphatic carbocycles. The number of hydrogen-bond donors (Lipinski definition) is 2. The van der Waals surface area contributed by atoms with Crippen LogP contribution in [0.1, 0.15) is 19.4 Å². The Morgan fingerprint density at radius 1 is 1.30 bits per heavy atom. The van der Waals surface area contributed by atoms with Crippen molar-refractivity contribution in [3.8, 4) is 0 Å². The van der Waals surface area contributed by atoms with E-state index in [1.54, 1.807) is 14.1 Å². The van der Waals surface area contributed by atoms with Gasteiger partial charge in [0, 0.05) is 14.1 Å². The second-order valence-corrected chi connectivity index (χ2v) is 5.30. The van der Waals surface area contributed by atoms with Gasteiger partial charge < -0.3 is 20.1 Å². The van der Waals surface area contributed by atoms with Crippen LogP contribution in [0.25, 0.3) is 0 Å². The summed E-state index contributed by atoms with van der Waals surface area (Å²) in [7, 11) is 3.31. The molecule has 0 aliphatic rings. The van der Waals surface area contributed by atoms with Crippen LogP contribution in [0.4, 0.5) is 4.79 Å². The van der Waals surface area contributed by atoms with Crippen LogP contribution in [0.2, 0.25) is 0 Å². The fourth-order valence-corrected chi connectivity index (χ4v) is 1.70. The first-order chi connectivity index (χ1) is 9.41. The van der Waals surface area contributed by atoms with Crippen molar-refractivity contribution in [1.29, 1.82) is 0 Å². The van der Waals surface area contributed by atoms with Crippen LogP contribution in [-0.4, -0.2) is 42.5 Å². The smallest absolute Gasteiger partial charge is 0.317 e. The highest BCUT2D eigenvalue weighted by Gasteiger charge is 2.25. The molecule has 0 saturated carbocycles. The highest BCUT2D eigenvalue weighted by Crippen LogP contribution is 2.11. The number of rotatable bonds is 6. The lowest BCUT2D eigenvalue weighted by Crippen LogP contribution is -2.50. The van der Waals surface area contributed by atoms with E-state index in [1.807, 2.05) is 44.2 Å². The van der Waals surface area contributed by atoms with Gasteiger partial charge in [-0.25, -0.2) is 4.79 Å². The third-order valence-corrected chi connectivity index (χ3v) is 2.99.